The maximum Gasteiger partial charge on any atom is 0.307 e. The van der Waals surface area contributed by atoms with E-state index >= 15 is 0 Å². The van der Waals surface area contributed by atoms with Crippen molar-refractivity contribution in [2.75, 3.05) is 0 Å². The van der Waals surface area contributed by atoms with Gasteiger partial charge in [0.05, 0.1) is 5.92 Å². The number of carboxylic acid groups (broad SMARTS) is 1. The van der Waals surface area contributed by atoms with Gasteiger partial charge in [-0.05, 0) is 24.8 Å². The first-order chi connectivity index (χ1) is 8.65. The molecule has 2 aliphatic carbocycles. The van der Waals surface area contributed by atoms with Crippen LogP contribution < -0.4 is 0 Å². The zero-order valence-corrected chi connectivity index (χ0v) is 10.2. The van der Waals surface area contributed by atoms with E-state index in [1.54, 1.807) is 0 Å². The van der Waals surface area contributed by atoms with Gasteiger partial charge in [-0.15, -0.1) is 0 Å². The minimum absolute atomic E-state index is 0.0239. The van der Waals surface area contributed by atoms with Crippen LogP contribution in [-0.2, 0) is 11.2 Å². The molecule has 0 spiro atoms. The molecule has 0 saturated heterocycles. The van der Waals surface area contributed by atoms with Crippen LogP contribution in [0.1, 0.15) is 59.8 Å². The number of carbonyl (C=O) groups is 2. The molecule has 0 amide bonds. The van der Waals surface area contributed by atoms with E-state index in [1.807, 2.05) is 6.07 Å². The molecule has 1 saturated carbocycles. The van der Waals surface area contributed by atoms with Crippen LogP contribution in [0.4, 0.5) is 0 Å². The Hall–Kier alpha value is -1.58. The van der Waals surface area contributed by atoms with Crippen LogP contribution in [-0.4, -0.2) is 21.8 Å². The molecule has 0 aromatic carbocycles. The maximum atomic E-state index is 11.9. The minimum atomic E-state index is -0.869. The fourth-order valence-corrected chi connectivity index (χ4v) is 3.21. The average molecular weight is 247 g/mol. The van der Waals surface area contributed by atoms with Crippen molar-refractivity contribution in [2.45, 2.75) is 44.4 Å². The maximum absolute atomic E-state index is 11.9. The Balaban J connectivity index is 1.90. The topological polar surface area (TPSA) is 70.2 Å². The number of fused-ring (bicyclic) bond motifs is 1. The van der Waals surface area contributed by atoms with Crippen molar-refractivity contribution in [3.05, 3.63) is 23.0 Å². The Labute approximate surface area is 105 Å². The molecular weight excluding hydrogens is 230 g/mol. The number of carboxylic acids is 1. The number of rotatable bonds is 2. The van der Waals surface area contributed by atoms with Crippen LogP contribution in [0.5, 0.6) is 0 Å². The van der Waals surface area contributed by atoms with E-state index in [-0.39, 0.29) is 12.2 Å². The van der Waals surface area contributed by atoms with Gasteiger partial charge in [0.15, 0.2) is 5.78 Å². The number of carbonyl (C=O) groups excluding carboxylic acids is 1. The third-order valence-corrected chi connectivity index (χ3v) is 4.25. The van der Waals surface area contributed by atoms with Crippen LogP contribution in [0.15, 0.2) is 6.07 Å². The van der Waals surface area contributed by atoms with Crippen molar-refractivity contribution in [3.8, 4) is 0 Å². The molecule has 1 fully saturated rings. The number of aromatic amines is 1. The number of hydrogen-bond acceptors (Lipinski definition) is 2. The van der Waals surface area contributed by atoms with Crippen LogP contribution >= 0.6 is 0 Å². The Morgan fingerprint density at radius 2 is 2.00 bits per heavy atom. The summed E-state index contributed by atoms with van der Waals surface area (Å²) in [5.41, 5.74) is 2.70. The molecule has 4 heteroatoms. The fraction of sp³-hybridized carbons (Fsp3) is 0.571. The number of hydrogen-bond donors (Lipinski definition) is 2. The molecule has 1 aromatic heterocycles. The summed E-state index contributed by atoms with van der Waals surface area (Å²) < 4.78 is 0. The second kappa shape index (κ2) is 4.26. The SMILES string of the molecule is O=C1CC(C(=O)O)Cc2[nH]c(C3CCCC3)cc21. The third-order valence-electron chi connectivity index (χ3n) is 4.25. The largest absolute Gasteiger partial charge is 0.481 e. The zero-order valence-electron chi connectivity index (χ0n) is 10.2. The van der Waals surface area contributed by atoms with Crippen LogP contribution in [0.2, 0.25) is 0 Å². The Morgan fingerprint density at radius 3 is 2.67 bits per heavy atom. The molecule has 18 heavy (non-hydrogen) atoms. The fourth-order valence-electron chi connectivity index (χ4n) is 3.21. The molecule has 2 aliphatic rings. The van der Waals surface area contributed by atoms with Gasteiger partial charge in [0, 0.05) is 29.8 Å². The number of Topliss-reactive ketones (excluding diaryl/α,β-unsaturated/α-hetero) is 1. The van der Waals surface area contributed by atoms with Crippen molar-refractivity contribution >= 4 is 11.8 Å². The molecule has 1 heterocycles. The quantitative estimate of drug-likeness (QED) is 0.843. The predicted molar refractivity (Wildman–Crippen MR) is 65.8 cm³/mol. The molecular formula is C14H17NO3. The first-order valence-electron chi connectivity index (χ1n) is 6.63. The van der Waals surface area contributed by atoms with Crippen LogP contribution in [0.3, 0.4) is 0 Å². The van der Waals surface area contributed by atoms with Crippen molar-refractivity contribution in [2.24, 2.45) is 5.92 Å². The molecule has 1 atom stereocenters. The molecule has 3 rings (SSSR count). The summed E-state index contributed by atoms with van der Waals surface area (Å²) in [6.45, 7) is 0. The first kappa shape index (κ1) is 11.5. The highest BCUT2D eigenvalue weighted by molar-refractivity contribution is 6.00. The van der Waals surface area contributed by atoms with E-state index in [1.165, 1.54) is 25.7 Å². The smallest absolute Gasteiger partial charge is 0.307 e. The van der Waals surface area contributed by atoms with Gasteiger partial charge in [-0.2, -0.15) is 0 Å². The third kappa shape index (κ3) is 1.85. The summed E-state index contributed by atoms with van der Waals surface area (Å²) in [6, 6.07) is 1.96. The summed E-state index contributed by atoms with van der Waals surface area (Å²) in [6.07, 6.45) is 5.46. The lowest BCUT2D eigenvalue weighted by atomic mass is 9.87. The molecule has 4 nitrogen and oxygen atoms in total. The number of aromatic nitrogens is 1. The lowest BCUT2D eigenvalue weighted by Gasteiger charge is -2.16. The highest BCUT2D eigenvalue weighted by atomic mass is 16.4. The Morgan fingerprint density at radius 1 is 1.28 bits per heavy atom. The lowest BCUT2D eigenvalue weighted by molar-refractivity contribution is -0.141. The molecule has 0 aliphatic heterocycles. The van der Waals surface area contributed by atoms with Gasteiger partial charge < -0.3 is 10.1 Å². The van der Waals surface area contributed by atoms with Crippen LogP contribution in [0, 0.1) is 5.92 Å². The summed E-state index contributed by atoms with van der Waals surface area (Å²) in [4.78, 5) is 26.3. The second-order valence-electron chi connectivity index (χ2n) is 5.46. The van der Waals surface area contributed by atoms with E-state index in [0.717, 1.165) is 17.0 Å². The summed E-state index contributed by atoms with van der Waals surface area (Å²) >= 11 is 0. The normalized spacial score (nSPS) is 24.2. The molecule has 2 N–H and O–H groups in total. The zero-order chi connectivity index (χ0) is 12.7. The van der Waals surface area contributed by atoms with E-state index < -0.39 is 11.9 Å². The number of aliphatic carboxylic acids is 1. The number of ketones is 1. The number of nitrogens with one attached hydrogen (secondary N) is 1. The first-order valence-corrected chi connectivity index (χ1v) is 6.63. The number of H-pyrrole nitrogens is 1. The van der Waals surface area contributed by atoms with Gasteiger partial charge in [0.1, 0.15) is 0 Å². The van der Waals surface area contributed by atoms with E-state index in [9.17, 15) is 9.59 Å². The van der Waals surface area contributed by atoms with Crippen molar-refractivity contribution in [1.29, 1.82) is 0 Å². The summed E-state index contributed by atoms with van der Waals surface area (Å²) in [7, 11) is 0. The molecule has 1 aromatic rings. The van der Waals surface area contributed by atoms with E-state index in [2.05, 4.69) is 4.98 Å². The highest BCUT2D eigenvalue weighted by Crippen LogP contribution is 2.36. The summed E-state index contributed by atoms with van der Waals surface area (Å²) in [5.74, 6) is -0.915. The van der Waals surface area contributed by atoms with Crippen molar-refractivity contribution in [3.63, 3.8) is 0 Å². The predicted octanol–water partition coefficient (Wildman–Crippen LogP) is 2.50. The van der Waals surface area contributed by atoms with Crippen molar-refractivity contribution in [1.82, 2.24) is 4.98 Å². The summed E-state index contributed by atoms with van der Waals surface area (Å²) in [5, 5.41) is 9.03. The van der Waals surface area contributed by atoms with E-state index in [0.29, 0.717) is 12.3 Å². The molecule has 96 valence electrons. The monoisotopic (exact) mass is 247 g/mol. The lowest BCUT2D eigenvalue weighted by Crippen LogP contribution is -2.25. The standard InChI is InChI=1S/C14H17NO3/c16-13-6-9(14(17)18)5-12-10(13)7-11(15-12)8-3-1-2-4-8/h7-9,15H,1-6H2,(H,17,18). The van der Waals surface area contributed by atoms with Gasteiger partial charge in [-0.1, -0.05) is 12.8 Å². The molecule has 0 bridgehead atoms. The Bertz CT molecular complexity index is 497. The van der Waals surface area contributed by atoms with Crippen molar-refractivity contribution < 1.29 is 14.7 Å². The van der Waals surface area contributed by atoms with Gasteiger partial charge in [0.25, 0.3) is 0 Å². The van der Waals surface area contributed by atoms with Gasteiger partial charge in [-0.3, -0.25) is 9.59 Å². The average Bonchev–Trinajstić information content (AvgIpc) is 2.96. The van der Waals surface area contributed by atoms with Crippen LogP contribution in [0.25, 0.3) is 0 Å². The van der Waals surface area contributed by atoms with Gasteiger partial charge in [-0.25, -0.2) is 0 Å². The highest BCUT2D eigenvalue weighted by Gasteiger charge is 2.32. The van der Waals surface area contributed by atoms with Gasteiger partial charge >= 0.3 is 5.97 Å². The minimum Gasteiger partial charge on any atom is -0.481 e. The Kier molecular flexibility index (Phi) is 2.73. The second-order valence-corrected chi connectivity index (χ2v) is 5.46. The van der Waals surface area contributed by atoms with Gasteiger partial charge in [0.2, 0.25) is 0 Å². The molecule has 1 unspecified atom stereocenters. The van der Waals surface area contributed by atoms with E-state index in [4.69, 9.17) is 5.11 Å². The molecule has 0 radical (unpaired) electrons.